The van der Waals surface area contributed by atoms with Gasteiger partial charge in [0.25, 0.3) is 0 Å². The average Bonchev–Trinajstić information content (AvgIpc) is 2.73. The maximum absolute atomic E-state index is 12.3. The molecule has 3 rings (SSSR count). The van der Waals surface area contributed by atoms with Crippen LogP contribution in [0, 0.1) is 0 Å². The maximum Gasteiger partial charge on any atom is 0.230 e. The molecular formula is C22H27N3O3S. The molecule has 1 aliphatic heterocycles. The molecule has 1 fully saturated rings. The topological polar surface area (TPSA) is 70.7 Å². The summed E-state index contributed by atoms with van der Waals surface area (Å²) in [7, 11) is 0. The largest absolute Gasteiger partial charge is 0.379 e. The summed E-state index contributed by atoms with van der Waals surface area (Å²) in [5, 5.41) is 5.76. The number of nitrogens with one attached hydrogen (secondary N) is 2. The number of carbonyl (C=O) groups excluding carboxylic acids is 2. The SMILES string of the molecule is CC(=O)Nc1ccc(SCC(=O)NCc2ccccc2CN2CCOCC2)cc1. The van der Waals surface area contributed by atoms with Crippen LogP contribution in [0.4, 0.5) is 5.69 Å². The molecule has 29 heavy (non-hydrogen) atoms. The third kappa shape index (κ3) is 7.20. The van der Waals surface area contributed by atoms with Gasteiger partial charge in [0, 0.05) is 43.7 Å². The lowest BCUT2D eigenvalue weighted by Crippen LogP contribution is -2.36. The summed E-state index contributed by atoms with van der Waals surface area (Å²) in [5.74, 6) is 0.256. The number of hydrogen-bond donors (Lipinski definition) is 2. The molecule has 0 aromatic heterocycles. The van der Waals surface area contributed by atoms with Gasteiger partial charge in [0.1, 0.15) is 0 Å². The fraction of sp³-hybridized carbons (Fsp3) is 0.364. The van der Waals surface area contributed by atoms with Crippen molar-refractivity contribution in [3.8, 4) is 0 Å². The first-order chi connectivity index (χ1) is 14.1. The number of carbonyl (C=O) groups is 2. The molecule has 0 radical (unpaired) electrons. The second-order valence-electron chi connectivity index (χ2n) is 6.93. The second-order valence-corrected chi connectivity index (χ2v) is 7.98. The lowest BCUT2D eigenvalue weighted by atomic mass is 10.1. The van der Waals surface area contributed by atoms with Crippen molar-refractivity contribution in [2.45, 2.75) is 24.9 Å². The van der Waals surface area contributed by atoms with Crippen LogP contribution in [0.5, 0.6) is 0 Å². The van der Waals surface area contributed by atoms with Gasteiger partial charge in [-0.25, -0.2) is 0 Å². The van der Waals surface area contributed by atoms with E-state index in [0.717, 1.165) is 49.0 Å². The quantitative estimate of drug-likeness (QED) is 0.651. The van der Waals surface area contributed by atoms with Crippen molar-refractivity contribution in [1.82, 2.24) is 10.2 Å². The summed E-state index contributed by atoms with van der Waals surface area (Å²) in [6.45, 7) is 6.33. The minimum atomic E-state index is -0.0984. The molecule has 0 unspecified atom stereocenters. The minimum Gasteiger partial charge on any atom is -0.379 e. The zero-order valence-electron chi connectivity index (χ0n) is 16.6. The van der Waals surface area contributed by atoms with Crippen molar-refractivity contribution in [1.29, 1.82) is 0 Å². The van der Waals surface area contributed by atoms with E-state index in [0.29, 0.717) is 12.3 Å². The van der Waals surface area contributed by atoms with Crippen LogP contribution in [0.25, 0.3) is 0 Å². The number of anilines is 1. The van der Waals surface area contributed by atoms with Crippen molar-refractivity contribution in [3.05, 3.63) is 59.7 Å². The molecule has 1 aliphatic rings. The van der Waals surface area contributed by atoms with Crippen LogP contribution in [0.3, 0.4) is 0 Å². The summed E-state index contributed by atoms with van der Waals surface area (Å²) in [6.07, 6.45) is 0. The van der Waals surface area contributed by atoms with Gasteiger partial charge in [-0.05, 0) is 35.4 Å². The Kier molecular flexibility index (Phi) is 8.10. The highest BCUT2D eigenvalue weighted by Gasteiger charge is 2.13. The van der Waals surface area contributed by atoms with Gasteiger partial charge in [-0.3, -0.25) is 14.5 Å². The first kappa shape index (κ1) is 21.4. The van der Waals surface area contributed by atoms with Crippen LogP contribution in [-0.2, 0) is 27.4 Å². The van der Waals surface area contributed by atoms with E-state index in [1.807, 2.05) is 36.4 Å². The third-order valence-electron chi connectivity index (χ3n) is 4.64. The molecule has 154 valence electrons. The zero-order chi connectivity index (χ0) is 20.5. The van der Waals surface area contributed by atoms with Gasteiger partial charge in [-0.2, -0.15) is 0 Å². The number of benzene rings is 2. The predicted octanol–water partition coefficient (Wildman–Crippen LogP) is 2.89. The van der Waals surface area contributed by atoms with Gasteiger partial charge in [0.15, 0.2) is 0 Å². The smallest absolute Gasteiger partial charge is 0.230 e. The fourth-order valence-electron chi connectivity index (χ4n) is 3.12. The predicted molar refractivity (Wildman–Crippen MR) is 116 cm³/mol. The van der Waals surface area contributed by atoms with E-state index in [2.05, 4.69) is 27.7 Å². The maximum atomic E-state index is 12.3. The van der Waals surface area contributed by atoms with Crippen molar-refractivity contribution in [3.63, 3.8) is 0 Å². The molecule has 0 saturated carbocycles. The summed E-state index contributed by atoms with van der Waals surface area (Å²) in [6, 6.07) is 15.7. The van der Waals surface area contributed by atoms with E-state index < -0.39 is 0 Å². The molecule has 2 aromatic carbocycles. The highest BCUT2D eigenvalue weighted by molar-refractivity contribution is 8.00. The first-order valence-corrected chi connectivity index (χ1v) is 10.7. The van der Waals surface area contributed by atoms with Gasteiger partial charge in [0.2, 0.25) is 11.8 Å². The fourth-order valence-corrected chi connectivity index (χ4v) is 3.84. The lowest BCUT2D eigenvalue weighted by Gasteiger charge is -2.27. The average molecular weight is 414 g/mol. The van der Waals surface area contributed by atoms with Crippen LogP contribution < -0.4 is 10.6 Å². The number of amides is 2. The number of thioether (sulfide) groups is 1. The van der Waals surface area contributed by atoms with E-state index in [9.17, 15) is 9.59 Å². The molecule has 2 amide bonds. The van der Waals surface area contributed by atoms with Gasteiger partial charge < -0.3 is 15.4 Å². The molecule has 1 saturated heterocycles. The van der Waals surface area contributed by atoms with Gasteiger partial charge in [0.05, 0.1) is 19.0 Å². The number of nitrogens with zero attached hydrogens (tertiary/aromatic N) is 1. The van der Waals surface area contributed by atoms with Crippen LogP contribution in [0.2, 0.25) is 0 Å². The normalized spacial score (nSPS) is 14.4. The summed E-state index contributed by atoms with van der Waals surface area (Å²) < 4.78 is 5.41. The summed E-state index contributed by atoms with van der Waals surface area (Å²) in [5.41, 5.74) is 3.15. The molecule has 0 aliphatic carbocycles. The van der Waals surface area contributed by atoms with Crippen molar-refractivity contribution < 1.29 is 14.3 Å². The van der Waals surface area contributed by atoms with Crippen molar-refractivity contribution in [2.75, 3.05) is 37.4 Å². The van der Waals surface area contributed by atoms with Crippen LogP contribution in [0.15, 0.2) is 53.4 Å². The number of hydrogen-bond acceptors (Lipinski definition) is 5. The lowest BCUT2D eigenvalue weighted by molar-refractivity contribution is -0.118. The minimum absolute atomic E-state index is 0.00196. The van der Waals surface area contributed by atoms with Gasteiger partial charge in [-0.15, -0.1) is 11.8 Å². The molecule has 0 atom stereocenters. The zero-order valence-corrected chi connectivity index (χ0v) is 17.5. The van der Waals surface area contributed by atoms with Crippen LogP contribution in [-0.4, -0.2) is 48.8 Å². The Morgan fingerprint density at radius 1 is 1.03 bits per heavy atom. The second kappa shape index (κ2) is 11.0. The molecule has 2 N–H and O–H groups in total. The number of morpholine rings is 1. The summed E-state index contributed by atoms with van der Waals surface area (Å²) in [4.78, 5) is 26.7. The van der Waals surface area contributed by atoms with Crippen molar-refractivity contribution >= 4 is 29.3 Å². The molecule has 0 spiro atoms. The Bertz CT molecular complexity index is 820. The molecular weight excluding hydrogens is 386 g/mol. The highest BCUT2D eigenvalue weighted by atomic mass is 32.2. The Labute approximate surface area is 176 Å². The molecule has 7 heteroatoms. The third-order valence-corrected chi connectivity index (χ3v) is 5.65. The standard InChI is InChI=1S/C22H27N3O3S/c1-17(26)24-20-6-8-21(9-7-20)29-16-22(27)23-14-18-4-2-3-5-19(18)15-25-10-12-28-13-11-25/h2-9H,10-16H2,1H3,(H,23,27)(H,24,26). The van der Waals surface area contributed by atoms with Crippen molar-refractivity contribution in [2.24, 2.45) is 0 Å². The Balaban J connectivity index is 1.46. The number of ether oxygens (including phenoxy) is 1. The molecule has 2 aromatic rings. The highest BCUT2D eigenvalue weighted by Crippen LogP contribution is 2.20. The Hall–Kier alpha value is -2.35. The van der Waals surface area contributed by atoms with E-state index in [1.165, 1.54) is 24.2 Å². The first-order valence-electron chi connectivity index (χ1n) is 9.74. The Morgan fingerprint density at radius 2 is 1.72 bits per heavy atom. The van der Waals surface area contributed by atoms with Gasteiger partial charge >= 0.3 is 0 Å². The molecule has 6 nitrogen and oxygen atoms in total. The van der Waals surface area contributed by atoms with Gasteiger partial charge in [-0.1, -0.05) is 24.3 Å². The van der Waals surface area contributed by atoms with E-state index in [4.69, 9.17) is 4.74 Å². The number of rotatable bonds is 8. The Morgan fingerprint density at radius 3 is 2.41 bits per heavy atom. The van der Waals surface area contributed by atoms with E-state index in [1.54, 1.807) is 0 Å². The monoisotopic (exact) mass is 413 g/mol. The van der Waals surface area contributed by atoms with Crippen LogP contribution in [0.1, 0.15) is 18.1 Å². The molecule has 0 bridgehead atoms. The molecule has 1 heterocycles. The summed E-state index contributed by atoms with van der Waals surface area (Å²) >= 11 is 1.48. The van der Waals surface area contributed by atoms with E-state index >= 15 is 0 Å². The van der Waals surface area contributed by atoms with E-state index in [-0.39, 0.29) is 11.8 Å². The van der Waals surface area contributed by atoms with Crippen LogP contribution >= 0.6 is 11.8 Å².